The molecule has 0 atom stereocenters. The topological polar surface area (TPSA) is 67.3 Å². The second-order valence-corrected chi connectivity index (χ2v) is 5.62. The molecule has 0 radical (unpaired) electrons. The molecule has 6 nitrogen and oxygen atoms in total. The van der Waals surface area contributed by atoms with E-state index in [1.807, 2.05) is 0 Å². The third-order valence-electron chi connectivity index (χ3n) is 3.88. The fraction of sp³-hybridized carbons (Fsp3) is 0.353. The van der Waals surface area contributed by atoms with Crippen LogP contribution in [0.2, 0.25) is 0 Å². The lowest BCUT2D eigenvalue weighted by molar-refractivity contribution is -0.123. The first kappa shape index (κ1) is 16.2. The van der Waals surface area contributed by atoms with Gasteiger partial charge in [-0.25, -0.2) is 14.4 Å². The minimum atomic E-state index is -0.332. The third-order valence-corrected chi connectivity index (χ3v) is 3.88. The molecule has 24 heavy (non-hydrogen) atoms. The lowest BCUT2D eigenvalue weighted by atomic mass is 10.1. The van der Waals surface area contributed by atoms with Crippen LogP contribution in [0.3, 0.4) is 0 Å². The third kappa shape index (κ3) is 4.41. The van der Waals surface area contributed by atoms with E-state index in [0.29, 0.717) is 5.75 Å². The molecule has 1 aromatic carbocycles. The van der Waals surface area contributed by atoms with E-state index in [-0.39, 0.29) is 24.4 Å². The quantitative estimate of drug-likeness (QED) is 0.905. The fourth-order valence-electron chi connectivity index (χ4n) is 2.63. The molecule has 1 aliphatic heterocycles. The molecule has 0 bridgehead atoms. The molecule has 1 aliphatic rings. The lowest BCUT2D eigenvalue weighted by Gasteiger charge is -2.32. The molecule has 3 rings (SSSR count). The molecule has 0 saturated carbocycles. The van der Waals surface area contributed by atoms with Gasteiger partial charge >= 0.3 is 0 Å². The highest BCUT2D eigenvalue weighted by molar-refractivity contribution is 5.77. The Labute approximate surface area is 139 Å². The summed E-state index contributed by atoms with van der Waals surface area (Å²) in [4.78, 5) is 22.5. The van der Waals surface area contributed by atoms with Gasteiger partial charge in [0, 0.05) is 31.5 Å². The van der Waals surface area contributed by atoms with E-state index in [2.05, 4.69) is 20.2 Å². The van der Waals surface area contributed by atoms with Crippen molar-refractivity contribution in [1.82, 2.24) is 15.3 Å². The molecule has 0 unspecified atom stereocenters. The van der Waals surface area contributed by atoms with Gasteiger partial charge in [-0.2, -0.15) is 0 Å². The second-order valence-electron chi connectivity index (χ2n) is 5.62. The molecule has 0 spiro atoms. The number of rotatable bonds is 5. The van der Waals surface area contributed by atoms with Crippen LogP contribution >= 0.6 is 0 Å². The maximum Gasteiger partial charge on any atom is 0.258 e. The number of nitrogens with one attached hydrogen (secondary N) is 1. The number of nitrogens with zero attached hydrogens (tertiary/aromatic N) is 3. The van der Waals surface area contributed by atoms with Crippen LogP contribution in [0.5, 0.6) is 5.75 Å². The van der Waals surface area contributed by atoms with E-state index in [0.717, 1.165) is 31.9 Å². The summed E-state index contributed by atoms with van der Waals surface area (Å²) in [5.41, 5.74) is 0. The Hall–Kier alpha value is -2.70. The first-order valence-corrected chi connectivity index (χ1v) is 7.90. The number of halogens is 1. The van der Waals surface area contributed by atoms with Gasteiger partial charge in [0.1, 0.15) is 11.6 Å². The Morgan fingerprint density at radius 1 is 1.21 bits per heavy atom. The highest BCUT2D eigenvalue weighted by atomic mass is 19.1. The van der Waals surface area contributed by atoms with E-state index in [9.17, 15) is 9.18 Å². The van der Waals surface area contributed by atoms with E-state index in [4.69, 9.17) is 4.74 Å². The van der Waals surface area contributed by atoms with Gasteiger partial charge in [-0.1, -0.05) is 0 Å². The minimum absolute atomic E-state index is 0.0758. The van der Waals surface area contributed by atoms with Crippen molar-refractivity contribution in [2.45, 2.75) is 18.9 Å². The predicted molar refractivity (Wildman–Crippen MR) is 87.3 cm³/mol. The number of hydrogen-bond acceptors (Lipinski definition) is 5. The maximum absolute atomic E-state index is 12.8. The minimum Gasteiger partial charge on any atom is -0.484 e. The highest BCUT2D eigenvalue weighted by Gasteiger charge is 2.22. The standard InChI is InChI=1S/C17H19FN4O2/c18-13-2-4-15(5-3-13)24-12-16(23)21-14-6-10-22(11-7-14)17-19-8-1-9-20-17/h1-5,8-9,14H,6-7,10-12H2,(H,21,23). The van der Waals surface area contributed by atoms with Gasteiger partial charge in [-0.15, -0.1) is 0 Å². The van der Waals surface area contributed by atoms with Crippen LogP contribution in [0.25, 0.3) is 0 Å². The molecule has 7 heteroatoms. The Bertz CT molecular complexity index is 658. The summed E-state index contributed by atoms with van der Waals surface area (Å²) in [6, 6.07) is 7.51. The van der Waals surface area contributed by atoms with Crippen LogP contribution in [0.1, 0.15) is 12.8 Å². The smallest absolute Gasteiger partial charge is 0.258 e. The number of aromatic nitrogens is 2. The molecule has 1 N–H and O–H groups in total. The maximum atomic E-state index is 12.8. The molecular formula is C17H19FN4O2. The summed E-state index contributed by atoms with van der Waals surface area (Å²) in [6.45, 7) is 1.52. The lowest BCUT2D eigenvalue weighted by Crippen LogP contribution is -2.46. The molecule has 1 fully saturated rings. The van der Waals surface area contributed by atoms with Crippen molar-refractivity contribution in [3.63, 3.8) is 0 Å². The molecule has 2 aromatic rings. The Morgan fingerprint density at radius 3 is 2.54 bits per heavy atom. The zero-order valence-corrected chi connectivity index (χ0v) is 13.2. The SMILES string of the molecule is O=C(COc1ccc(F)cc1)NC1CCN(c2ncccn2)CC1. The average molecular weight is 330 g/mol. The van der Waals surface area contributed by atoms with Crippen LogP contribution in [-0.2, 0) is 4.79 Å². The zero-order chi connectivity index (χ0) is 16.8. The van der Waals surface area contributed by atoms with Crippen molar-refractivity contribution in [3.8, 4) is 5.75 Å². The molecule has 126 valence electrons. The van der Waals surface area contributed by atoms with Crippen LogP contribution in [0, 0.1) is 5.82 Å². The summed E-state index contributed by atoms with van der Waals surface area (Å²) in [5.74, 6) is 0.694. The molecule has 1 saturated heterocycles. The molecule has 1 amide bonds. The van der Waals surface area contributed by atoms with Gasteiger partial charge in [0.15, 0.2) is 6.61 Å². The van der Waals surface area contributed by atoms with Crippen LogP contribution < -0.4 is 15.0 Å². The number of anilines is 1. The van der Waals surface area contributed by atoms with Crippen LogP contribution in [0.4, 0.5) is 10.3 Å². The van der Waals surface area contributed by atoms with E-state index in [1.165, 1.54) is 24.3 Å². The number of carbonyl (C=O) groups is 1. The van der Waals surface area contributed by atoms with Gasteiger partial charge in [-0.3, -0.25) is 4.79 Å². The molecule has 2 heterocycles. The van der Waals surface area contributed by atoms with Gasteiger partial charge in [0.2, 0.25) is 5.95 Å². The van der Waals surface area contributed by atoms with Crippen molar-refractivity contribution in [2.75, 3.05) is 24.6 Å². The predicted octanol–water partition coefficient (Wildman–Crippen LogP) is 1.78. The highest BCUT2D eigenvalue weighted by Crippen LogP contribution is 2.15. The summed E-state index contributed by atoms with van der Waals surface area (Å²) in [7, 11) is 0. The van der Waals surface area contributed by atoms with Gasteiger partial charge in [0.05, 0.1) is 0 Å². The Balaban J connectivity index is 1.41. The summed E-state index contributed by atoms with van der Waals surface area (Å²) in [5, 5.41) is 2.97. The first-order valence-electron chi connectivity index (χ1n) is 7.90. The van der Waals surface area contributed by atoms with Gasteiger partial charge < -0.3 is 15.0 Å². The van der Waals surface area contributed by atoms with Gasteiger partial charge in [0.25, 0.3) is 5.91 Å². The van der Waals surface area contributed by atoms with Crippen molar-refractivity contribution < 1.29 is 13.9 Å². The van der Waals surface area contributed by atoms with Crippen molar-refractivity contribution in [2.24, 2.45) is 0 Å². The second kappa shape index (κ2) is 7.72. The van der Waals surface area contributed by atoms with Crippen LogP contribution in [0.15, 0.2) is 42.7 Å². The van der Waals surface area contributed by atoms with E-state index < -0.39 is 0 Å². The fourth-order valence-corrected chi connectivity index (χ4v) is 2.63. The number of amides is 1. The monoisotopic (exact) mass is 330 g/mol. The Morgan fingerprint density at radius 2 is 1.88 bits per heavy atom. The van der Waals surface area contributed by atoms with Crippen molar-refractivity contribution in [1.29, 1.82) is 0 Å². The summed E-state index contributed by atoms with van der Waals surface area (Å²) < 4.78 is 18.1. The van der Waals surface area contributed by atoms with E-state index >= 15 is 0 Å². The molecule has 1 aromatic heterocycles. The summed E-state index contributed by atoms with van der Waals surface area (Å²) >= 11 is 0. The average Bonchev–Trinajstić information content (AvgIpc) is 2.63. The largest absolute Gasteiger partial charge is 0.484 e. The van der Waals surface area contributed by atoms with E-state index in [1.54, 1.807) is 18.5 Å². The number of benzene rings is 1. The van der Waals surface area contributed by atoms with Crippen molar-refractivity contribution >= 4 is 11.9 Å². The number of hydrogen-bond donors (Lipinski definition) is 1. The first-order chi connectivity index (χ1) is 11.7. The Kier molecular flexibility index (Phi) is 5.20. The normalized spacial score (nSPS) is 15.1. The number of carbonyl (C=O) groups excluding carboxylic acids is 1. The van der Waals surface area contributed by atoms with Crippen molar-refractivity contribution in [3.05, 3.63) is 48.5 Å². The molecule has 0 aliphatic carbocycles. The molecular weight excluding hydrogens is 311 g/mol. The van der Waals surface area contributed by atoms with Crippen LogP contribution in [-0.4, -0.2) is 41.6 Å². The number of ether oxygens (including phenoxy) is 1. The summed E-state index contributed by atoms with van der Waals surface area (Å²) in [6.07, 6.45) is 5.12. The zero-order valence-electron chi connectivity index (χ0n) is 13.2. The number of piperidine rings is 1. The van der Waals surface area contributed by atoms with Gasteiger partial charge in [-0.05, 0) is 43.2 Å².